The maximum Gasteiger partial charge on any atom is 0.255 e. The number of aromatic nitrogens is 1. The van der Waals surface area contributed by atoms with Crippen molar-refractivity contribution in [2.45, 2.75) is 6.10 Å². The van der Waals surface area contributed by atoms with Crippen molar-refractivity contribution in [2.75, 3.05) is 24.3 Å². The van der Waals surface area contributed by atoms with Gasteiger partial charge in [0.25, 0.3) is 5.91 Å². The first kappa shape index (κ1) is 8.96. The molecule has 14 heavy (non-hydrogen) atoms. The molecule has 1 amide bonds. The highest BCUT2D eigenvalue weighted by atomic mass is 16.5. The van der Waals surface area contributed by atoms with Crippen LogP contribution < -0.4 is 10.6 Å². The van der Waals surface area contributed by atoms with Crippen LogP contribution in [0, 0.1) is 0 Å². The molecule has 0 radical (unpaired) electrons. The average Bonchev–Trinajstić information content (AvgIpc) is 2.36. The van der Waals surface area contributed by atoms with Gasteiger partial charge in [0.2, 0.25) is 0 Å². The summed E-state index contributed by atoms with van der Waals surface area (Å²) in [6, 6.07) is 3.57. The fraction of sp³-hybridized carbons (Fsp3) is 0.333. The monoisotopic (exact) mass is 193 g/mol. The highest BCUT2D eigenvalue weighted by molar-refractivity contribution is 5.98. The Bertz CT molecular complexity index is 354. The van der Waals surface area contributed by atoms with E-state index in [2.05, 4.69) is 15.6 Å². The molecule has 0 spiro atoms. The number of nitrogens with zero attached hydrogens (tertiary/aromatic N) is 1. The number of pyridine rings is 1. The molecule has 1 aromatic heterocycles. The van der Waals surface area contributed by atoms with E-state index in [4.69, 9.17) is 4.74 Å². The van der Waals surface area contributed by atoms with Gasteiger partial charge in [-0.3, -0.25) is 4.79 Å². The SMILES string of the molecule is COC1CNc2ncccc2NC1=O. The van der Waals surface area contributed by atoms with Crippen LogP contribution in [0.4, 0.5) is 11.5 Å². The number of rotatable bonds is 1. The number of carbonyl (C=O) groups is 1. The van der Waals surface area contributed by atoms with E-state index in [1.54, 1.807) is 18.3 Å². The van der Waals surface area contributed by atoms with Crippen molar-refractivity contribution < 1.29 is 9.53 Å². The number of hydrogen-bond acceptors (Lipinski definition) is 4. The number of methoxy groups -OCH3 is 1. The van der Waals surface area contributed by atoms with Gasteiger partial charge in [-0.05, 0) is 12.1 Å². The van der Waals surface area contributed by atoms with Crippen LogP contribution in [0.3, 0.4) is 0 Å². The van der Waals surface area contributed by atoms with Gasteiger partial charge in [-0.25, -0.2) is 4.98 Å². The smallest absolute Gasteiger partial charge is 0.255 e. The van der Waals surface area contributed by atoms with Crippen LogP contribution in [0.5, 0.6) is 0 Å². The van der Waals surface area contributed by atoms with E-state index in [1.807, 2.05) is 0 Å². The highest BCUT2D eigenvalue weighted by Gasteiger charge is 2.22. The lowest BCUT2D eigenvalue weighted by Gasteiger charge is -2.09. The fourth-order valence-electron chi connectivity index (χ4n) is 1.33. The third-order valence-electron chi connectivity index (χ3n) is 2.10. The Labute approximate surface area is 81.5 Å². The first-order valence-corrected chi connectivity index (χ1v) is 4.34. The maximum absolute atomic E-state index is 11.5. The Balaban J connectivity index is 2.28. The minimum absolute atomic E-state index is 0.147. The Kier molecular flexibility index (Phi) is 2.32. The lowest BCUT2D eigenvalue weighted by molar-refractivity contribution is -0.124. The van der Waals surface area contributed by atoms with Crippen LogP contribution in [0.25, 0.3) is 0 Å². The Morgan fingerprint density at radius 1 is 1.64 bits per heavy atom. The second kappa shape index (κ2) is 3.63. The quantitative estimate of drug-likeness (QED) is 0.680. The highest BCUT2D eigenvalue weighted by Crippen LogP contribution is 2.20. The van der Waals surface area contributed by atoms with Gasteiger partial charge in [0.1, 0.15) is 5.82 Å². The zero-order valence-electron chi connectivity index (χ0n) is 7.78. The lowest BCUT2D eigenvalue weighted by atomic mass is 10.3. The number of hydrogen-bond donors (Lipinski definition) is 2. The number of nitrogens with one attached hydrogen (secondary N) is 2. The largest absolute Gasteiger partial charge is 0.370 e. The van der Waals surface area contributed by atoms with E-state index < -0.39 is 6.10 Å². The number of fused-ring (bicyclic) bond motifs is 1. The topological polar surface area (TPSA) is 63.2 Å². The molecule has 1 aliphatic rings. The first-order valence-electron chi connectivity index (χ1n) is 4.34. The van der Waals surface area contributed by atoms with E-state index in [1.165, 1.54) is 7.11 Å². The van der Waals surface area contributed by atoms with Gasteiger partial charge in [-0.15, -0.1) is 0 Å². The normalized spacial score (nSPS) is 20.4. The standard InChI is InChI=1S/C9H11N3O2/c1-14-7-5-11-8-6(12-9(7)13)3-2-4-10-8/h2-4,7H,5H2,1H3,(H,10,11)(H,12,13). The van der Waals surface area contributed by atoms with Gasteiger partial charge in [0, 0.05) is 13.3 Å². The molecule has 1 unspecified atom stereocenters. The molecule has 0 saturated carbocycles. The fourth-order valence-corrected chi connectivity index (χ4v) is 1.33. The van der Waals surface area contributed by atoms with Gasteiger partial charge >= 0.3 is 0 Å². The Morgan fingerprint density at radius 3 is 3.29 bits per heavy atom. The molecule has 74 valence electrons. The van der Waals surface area contributed by atoms with Crippen LogP contribution in [0.15, 0.2) is 18.3 Å². The molecule has 1 aliphatic heterocycles. The molecule has 0 bridgehead atoms. The van der Waals surface area contributed by atoms with E-state index in [9.17, 15) is 4.79 Å². The molecule has 0 fully saturated rings. The molecule has 5 heteroatoms. The van der Waals surface area contributed by atoms with Crippen LogP contribution >= 0.6 is 0 Å². The second-order valence-electron chi connectivity index (χ2n) is 2.99. The molecule has 5 nitrogen and oxygen atoms in total. The summed E-state index contributed by atoms with van der Waals surface area (Å²) < 4.78 is 5.01. The maximum atomic E-state index is 11.5. The summed E-state index contributed by atoms with van der Waals surface area (Å²) in [4.78, 5) is 15.6. The third kappa shape index (κ3) is 1.54. The molecule has 0 aliphatic carbocycles. The van der Waals surface area contributed by atoms with Crippen LogP contribution in [0.1, 0.15) is 0 Å². The molecule has 1 atom stereocenters. The molecule has 2 rings (SSSR count). The Hall–Kier alpha value is -1.62. The van der Waals surface area contributed by atoms with Crippen molar-refractivity contribution in [1.82, 2.24) is 4.98 Å². The summed E-state index contributed by atoms with van der Waals surface area (Å²) in [5, 5.41) is 5.77. The minimum Gasteiger partial charge on any atom is -0.370 e. The number of ether oxygens (including phenoxy) is 1. The van der Waals surface area contributed by atoms with Crippen molar-refractivity contribution >= 4 is 17.4 Å². The summed E-state index contributed by atoms with van der Waals surface area (Å²) in [5.41, 5.74) is 0.692. The summed E-state index contributed by atoms with van der Waals surface area (Å²) in [7, 11) is 1.51. The summed E-state index contributed by atoms with van der Waals surface area (Å²) in [6.45, 7) is 0.437. The van der Waals surface area contributed by atoms with Crippen LogP contribution in [-0.2, 0) is 9.53 Å². The summed E-state index contributed by atoms with van der Waals surface area (Å²) >= 11 is 0. The third-order valence-corrected chi connectivity index (χ3v) is 2.10. The molecular weight excluding hydrogens is 182 g/mol. The minimum atomic E-state index is -0.468. The van der Waals surface area contributed by atoms with Gasteiger partial charge in [0.15, 0.2) is 6.10 Å². The number of carbonyl (C=O) groups excluding carboxylic acids is 1. The van der Waals surface area contributed by atoms with Gasteiger partial charge < -0.3 is 15.4 Å². The first-order chi connectivity index (χ1) is 6.81. The molecule has 2 N–H and O–H groups in total. The number of amides is 1. The molecule has 0 aromatic carbocycles. The van der Waals surface area contributed by atoms with Crippen LogP contribution in [0.2, 0.25) is 0 Å². The van der Waals surface area contributed by atoms with Gasteiger partial charge in [-0.2, -0.15) is 0 Å². The van der Waals surface area contributed by atoms with Crippen molar-refractivity contribution in [3.63, 3.8) is 0 Å². The van der Waals surface area contributed by atoms with E-state index >= 15 is 0 Å². The second-order valence-corrected chi connectivity index (χ2v) is 2.99. The Morgan fingerprint density at radius 2 is 2.50 bits per heavy atom. The van der Waals surface area contributed by atoms with E-state index in [0.29, 0.717) is 18.1 Å². The summed E-state index contributed by atoms with van der Waals surface area (Å²) in [5.74, 6) is 0.534. The molecule has 2 heterocycles. The predicted molar refractivity (Wildman–Crippen MR) is 52.2 cm³/mol. The molecule has 1 aromatic rings. The molecule has 0 saturated heterocycles. The van der Waals surface area contributed by atoms with Crippen LogP contribution in [-0.4, -0.2) is 30.6 Å². The van der Waals surface area contributed by atoms with Crippen molar-refractivity contribution in [2.24, 2.45) is 0 Å². The zero-order chi connectivity index (χ0) is 9.97. The van der Waals surface area contributed by atoms with E-state index in [-0.39, 0.29) is 5.91 Å². The van der Waals surface area contributed by atoms with Gasteiger partial charge in [-0.1, -0.05) is 0 Å². The van der Waals surface area contributed by atoms with Gasteiger partial charge in [0.05, 0.1) is 12.2 Å². The average molecular weight is 193 g/mol. The number of anilines is 2. The molecular formula is C9H11N3O2. The van der Waals surface area contributed by atoms with Crippen molar-refractivity contribution in [1.29, 1.82) is 0 Å². The van der Waals surface area contributed by atoms with Crippen molar-refractivity contribution in [3.8, 4) is 0 Å². The van der Waals surface area contributed by atoms with Crippen molar-refractivity contribution in [3.05, 3.63) is 18.3 Å². The zero-order valence-corrected chi connectivity index (χ0v) is 7.78. The lowest BCUT2D eigenvalue weighted by Crippen LogP contribution is -2.32. The van der Waals surface area contributed by atoms with E-state index in [0.717, 1.165) is 0 Å². The summed E-state index contributed by atoms with van der Waals surface area (Å²) in [6.07, 6.45) is 1.20. The predicted octanol–water partition coefficient (Wildman–Crippen LogP) is 0.461.